The quantitative estimate of drug-likeness (QED) is 0.741. The number of carbonyl (C=O) groups excluding carboxylic acids is 1. The molecule has 7 heteroatoms. The Morgan fingerprint density at radius 2 is 1.75 bits per heavy atom. The number of amides is 1. The lowest BCUT2D eigenvalue weighted by Crippen LogP contribution is -2.50. The Hall–Kier alpha value is -3.35. The zero-order valence-electron chi connectivity index (χ0n) is 15.5. The average Bonchev–Trinajstić information content (AvgIpc) is 3.28. The first-order valence-electron chi connectivity index (χ1n) is 9.32. The van der Waals surface area contributed by atoms with Crippen LogP contribution in [-0.2, 0) is 4.79 Å². The Bertz CT molecular complexity index is 918. The Morgan fingerprint density at radius 3 is 2.46 bits per heavy atom. The number of piperazine rings is 1. The molecule has 0 atom stereocenters. The molecular weight excluding hydrogens is 357 g/mol. The predicted molar refractivity (Wildman–Crippen MR) is 107 cm³/mol. The molecule has 1 N–H and O–H groups in total. The second-order valence-corrected chi connectivity index (χ2v) is 6.67. The average molecular weight is 379 g/mol. The SMILES string of the molecule is O=C(CNc1ccccc1-n1cccn1)N1CCN(c2ccc(F)cc2)CC1. The maximum absolute atomic E-state index is 13.1. The van der Waals surface area contributed by atoms with Crippen LogP contribution in [-0.4, -0.2) is 53.3 Å². The first kappa shape index (κ1) is 18.0. The van der Waals surface area contributed by atoms with Crippen LogP contribution in [0.1, 0.15) is 0 Å². The van der Waals surface area contributed by atoms with E-state index in [0.29, 0.717) is 13.1 Å². The van der Waals surface area contributed by atoms with E-state index in [2.05, 4.69) is 15.3 Å². The van der Waals surface area contributed by atoms with Gasteiger partial charge in [-0.25, -0.2) is 9.07 Å². The Labute approximate surface area is 163 Å². The maximum Gasteiger partial charge on any atom is 0.241 e. The number of nitrogens with one attached hydrogen (secondary N) is 1. The van der Waals surface area contributed by atoms with E-state index < -0.39 is 0 Å². The minimum Gasteiger partial charge on any atom is -0.374 e. The molecule has 1 aliphatic heterocycles. The molecule has 0 aliphatic carbocycles. The summed E-state index contributed by atoms with van der Waals surface area (Å²) in [5, 5.41) is 7.50. The van der Waals surface area contributed by atoms with Crippen molar-refractivity contribution < 1.29 is 9.18 Å². The van der Waals surface area contributed by atoms with Crippen molar-refractivity contribution in [1.29, 1.82) is 0 Å². The normalized spacial score (nSPS) is 14.2. The lowest BCUT2D eigenvalue weighted by Gasteiger charge is -2.36. The molecule has 0 bridgehead atoms. The molecule has 2 aromatic carbocycles. The summed E-state index contributed by atoms with van der Waals surface area (Å²) in [5.74, 6) is -0.173. The van der Waals surface area contributed by atoms with Gasteiger partial charge < -0.3 is 15.1 Å². The van der Waals surface area contributed by atoms with Crippen molar-refractivity contribution in [3.8, 4) is 5.69 Å². The molecule has 1 aliphatic rings. The van der Waals surface area contributed by atoms with E-state index in [0.717, 1.165) is 30.2 Å². The summed E-state index contributed by atoms with van der Waals surface area (Å²) in [5.41, 5.74) is 2.76. The highest BCUT2D eigenvalue weighted by Crippen LogP contribution is 2.19. The van der Waals surface area contributed by atoms with Gasteiger partial charge in [-0.15, -0.1) is 0 Å². The third kappa shape index (κ3) is 3.98. The second-order valence-electron chi connectivity index (χ2n) is 6.67. The summed E-state index contributed by atoms with van der Waals surface area (Å²) in [4.78, 5) is 16.7. The highest BCUT2D eigenvalue weighted by molar-refractivity contribution is 5.82. The molecule has 144 valence electrons. The topological polar surface area (TPSA) is 53.4 Å². The number of carbonyl (C=O) groups is 1. The summed E-state index contributed by atoms with van der Waals surface area (Å²) in [6.07, 6.45) is 3.60. The Morgan fingerprint density at radius 1 is 1.00 bits per heavy atom. The van der Waals surface area contributed by atoms with Crippen LogP contribution in [0.4, 0.5) is 15.8 Å². The van der Waals surface area contributed by atoms with Gasteiger partial charge in [-0.2, -0.15) is 5.10 Å². The molecule has 28 heavy (non-hydrogen) atoms. The van der Waals surface area contributed by atoms with Gasteiger partial charge in [0.2, 0.25) is 5.91 Å². The van der Waals surface area contributed by atoms with Crippen LogP contribution in [0.5, 0.6) is 0 Å². The van der Waals surface area contributed by atoms with Gasteiger partial charge in [0.05, 0.1) is 17.9 Å². The van der Waals surface area contributed by atoms with E-state index in [-0.39, 0.29) is 18.3 Å². The molecule has 4 rings (SSSR count). The summed E-state index contributed by atoms with van der Waals surface area (Å²) < 4.78 is 14.9. The first-order chi connectivity index (χ1) is 13.7. The van der Waals surface area contributed by atoms with Gasteiger partial charge >= 0.3 is 0 Å². The Balaban J connectivity index is 1.33. The number of anilines is 2. The van der Waals surface area contributed by atoms with Crippen molar-refractivity contribution >= 4 is 17.3 Å². The van der Waals surface area contributed by atoms with Crippen molar-refractivity contribution in [3.05, 3.63) is 72.8 Å². The molecule has 0 radical (unpaired) electrons. The van der Waals surface area contributed by atoms with Crippen LogP contribution in [0.25, 0.3) is 5.69 Å². The van der Waals surface area contributed by atoms with Gasteiger partial charge in [-0.05, 0) is 42.5 Å². The molecule has 0 spiro atoms. The molecule has 1 fully saturated rings. The summed E-state index contributed by atoms with van der Waals surface area (Å²) in [6.45, 7) is 3.01. The molecule has 0 unspecified atom stereocenters. The number of aromatic nitrogens is 2. The monoisotopic (exact) mass is 379 g/mol. The minimum atomic E-state index is -0.237. The third-order valence-corrected chi connectivity index (χ3v) is 4.91. The van der Waals surface area contributed by atoms with Crippen LogP contribution in [0.15, 0.2) is 67.0 Å². The van der Waals surface area contributed by atoms with Crippen LogP contribution >= 0.6 is 0 Å². The standard InChI is InChI=1S/C21H22FN5O/c22-17-6-8-18(9-7-17)25-12-14-26(15-13-25)21(28)16-23-19-4-1-2-5-20(19)27-11-3-10-24-27/h1-11,23H,12-16H2. The number of benzene rings is 2. The van der Waals surface area contributed by atoms with Crippen molar-refractivity contribution in [2.45, 2.75) is 0 Å². The van der Waals surface area contributed by atoms with Crippen LogP contribution in [0, 0.1) is 5.82 Å². The summed E-state index contributed by atoms with van der Waals surface area (Å²) in [6, 6.07) is 16.1. The van der Waals surface area contributed by atoms with Crippen LogP contribution < -0.4 is 10.2 Å². The van der Waals surface area contributed by atoms with Gasteiger partial charge in [0.1, 0.15) is 5.82 Å². The van der Waals surface area contributed by atoms with Gasteiger partial charge in [-0.3, -0.25) is 4.79 Å². The number of halogens is 1. The fraction of sp³-hybridized carbons (Fsp3) is 0.238. The van der Waals surface area contributed by atoms with Crippen LogP contribution in [0.2, 0.25) is 0 Å². The minimum absolute atomic E-state index is 0.0639. The highest BCUT2D eigenvalue weighted by Gasteiger charge is 2.21. The zero-order chi connectivity index (χ0) is 19.3. The highest BCUT2D eigenvalue weighted by atomic mass is 19.1. The Kier molecular flexibility index (Phi) is 5.23. The van der Waals surface area contributed by atoms with Gasteiger partial charge in [0, 0.05) is 44.3 Å². The third-order valence-electron chi connectivity index (χ3n) is 4.91. The fourth-order valence-corrected chi connectivity index (χ4v) is 3.38. The van der Waals surface area contributed by atoms with Gasteiger partial charge in [0.25, 0.3) is 0 Å². The van der Waals surface area contributed by atoms with Crippen LogP contribution in [0.3, 0.4) is 0 Å². The van der Waals surface area contributed by atoms with Crippen molar-refractivity contribution in [3.63, 3.8) is 0 Å². The molecule has 1 aromatic heterocycles. The molecule has 1 amide bonds. The predicted octanol–water partition coefficient (Wildman–Crippen LogP) is 2.77. The number of hydrogen-bond acceptors (Lipinski definition) is 4. The molecule has 0 saturated carbocycles. The van der Waals surface area contributed by atoms with E-state index in [1.165, 1.54) is 12.1 Å². The molecule has 6 nitrogen and oxygen atoms in total. The van der Waals surface area contributed by atoms with Crippen molar-refractivity contribution in [1.82, 2.24) is 14.7 Å². The number of nitrogens with zero attached hydrogens (tertiary/aromatic N) is 4. The largest absolute Gasteiger partial charge is 0.374 e. The molecular formula is C21H22FN5O. The first-order valence-corrected chi connectivity index (χ1v) is 9.32. The van der Waals surface area contributed by atoms with Gasteiger partial charge in [-0.1, -0.05) is 12.1 Å². The van der Waals surface area contributed by atoms with Gasteiger partial charge in [0.15, 0.2) is 0 Å². The van der Waals surface area contributed by atoms with E-state index in [4.69, 9.17) is 0 Å². The second kappa shape index (κ2) is 8.12. The van der Waals surface area contributed by atoms with Crippen molar-refractivity contribution in [2.24, 2.45) is 0 Å². The smallest absolute Gasteiger partial charge is 0.241 e. The molecule has 3 aromatic rings. The number of hydrogen-bond donors (Lipinski definition) is 1. The number of para-hydroxylation sites is 2. The van der Waals surface area contributed by atoms with E-state index in [9.17, 15) is 9.18 Å². The molecule has 2 heterocycles. The maximum atomic E-state index is 13.1. The van der Waals surface area contributed by atoms with E-state index in [1.54, 1.807) is 23.0 Å². The van der Waals surface area contributed by atoms with E-state index >= 15 is 0 Å². The number of rotatable bonds is 5. The fourth-order valence-electron chi connectivity index (χ4n) is 3.38. The molecule has 1 saturated heterocycles. The van der Waals surface area contributed by atoms with E-state index in [1.807, 2.05) is 41.4 Å². The summed E-state index contributed by atoms with van der Waals surface area (Å²) in [7, 11) is 0. The summed E-state index contributed by atoms with van der Waals surface area (Å²) >= 11 is 0. The lowest BCUT2D eigenvalue weighted by atomic mass is 10.2. The van der Waals surface area contributed by atoms with Crippen molar-refractivity contribution in [2.75, 3.05) is 42.9 Å². The zero-order valence-corrected chi connectivity index (χ0v) is 15.5. The lowest BCUT2D eigenvalue weighted by molar-refractivity contribution is -0.129.